The van der Waals surface area contributed by atoms with E-state index in [0.29, 0.717) is 19.3 Å². The van der Waals surface area contributed by atoms with Gasteiger partial charge < -0.3 is 0 Å². The Labute approximate surface area is 87.0 Å². The molecule has 0 radical (unpaired) electrons. The van der Waals surface area contributed by atoms with Crippen molar-refractivity contribution < 1.29 is 14.4 Å². The predicted octanol–water partition coefficient (Wildman–Crippen LogP) is 0.101. The Morgan fingerprint density at radius 3 is 2.33 bits per heavy atom. The van der Waals surface area contributed by atoms with Crippen LogP contribution in [0, 0.1) is 11.3 Å². The van der Waals surface area contributed by atoms with Crippen LogP contribution in [-0.2, 0) is 9.59 Å². The highest BCUT2D eigenvalue weighted by atomic mass is 16.2. The summed E-state index contributed by atoms with van der Waals surface area (Å²) in [5.41, 5.74) is 0. The van der Waals surface area contributed by atoms with Gasteiger partial charge in [0.2, 0.25) is 0 Å². The third-order valence-electron chi connectivity index (χ3n) is 2.17. The molecule has 1 fully saturated rings. The van der Waals surface area contributed by atoms with E-state index in [1.807, 2.05) is 6.07 Å². The first-order chi connectivity index (χ1) is 7.09. The molecule has 0 saturated carbocycles. The summed E-state index contributed by atoms with van der Waals surface area (Å²) in [7, 11) is 1.28. The number of likely N-dealkylation sites (N-methyl/N-ethyl adjacent to an activating group) is 1. The molecule has 0 bridgehead atoms. The minimum atomic E-state index is -0.791. The molecule has 80 valence electrons. The number of hydrogen-bond acceptors (Lipinski definition) is 4. The van der Waals surface area contributed by atoms with Crippen molar-refractivity contribution in [2.75, 3.05) is 13.6 Å². The summed E-state index contributed by atoms with van der Waals surface area (Å²) in [6.07, 6.45) is 1.55. The van der Waals surface area contributed by atoms with Gasteiger partial charge in [-0.1, -0.05) is 0 Å². The molecule has 0 spiro atoms. The normalized spacial score (nSPS) is 16.1. The predicted molar refractivity (Wildman–Crippen MR) is 49.3 cm³/mol. The van der Waals surface area contributed by atoms with Gasteiger partial charge in [0, 0.05) is 20.0 Å². The number of carbonyl (C=O) groups is 3. The van der Waals surface area contributed by atoms with Gasteiger partial charge in [0.15, 0.2) is 0 Å². The third kappa shape index (κ3) is 2.13. The summed E-state index contributed by atoms with van der Waals surface area (Å²) in [5, 5.41) is 8.29. The SMILES string of the molecule is CN1C(=O)C(=O)N(CCCCC#N)C1=O. The van der Waals surface area contributed by atoms with Gasteiger partial charge in [0.25, 0.3) is 0 Å². The first-order valence-electron chi connectivity index (χ1n) is 4.60. The zero-order valence-electron chi connectivity index (χ0n) is 8.39. The quantitative estimate of drug-likeness (QED) is 0.373. The maximum Gasteiger partial charge on any atom is 0.333 e. The Kier molecular flexibility index (Phi) is 3.39. The van der Waals surface area contributed by atoms with Crippen molar-refractivity contribution >= 4 is 17.8 Å². The lowest BCUT2D eigenvalue weighted by atomic mass is 10.2. The zero-order chi connectivity index (χ0) is 11.4. The fourth-order valence-corrected chi connectivity index (χ4v) is 1.28. The molecule has 1 aliphatic heterocycles. The highest BCUT2D eigenvalue weighted by molar-refractivity contribution is 6.44. The molecule has 4 amide bonds. The monoisotopic (exact) mass is 209 g/mol. The van der Waals surface area contributed by atoms with Crippen LogP contribution in [0.2, 0.25) is 0 Å². The number of carbonyl (C=O) groups excluding carboxylic acids is 3. The Morgan fingerprint density at radius 1 is 1.20 bits per heavy atom. The second kappa shape index (κ2) is 4.55. The van der Waals surface area contributed by atoms with E-state index >= 15 is 0 Å². The lowest BCUT2D eigenvalue weighted by molar-refractivity contribution is -0.142. The van der Waals surface area contributed by atoms with Gasteiger partial charge in [-0.25, -0.2) is 4.79 Å². The van der Waals surface area contributed by atoms with Crippen LogP contribution in [0.4, 0.5) is 4.79 Å². The number of hydrogen-bond donors (Lipinski definition) is 0. The van der Waals surface area contributed by atoms with E-state index in [-0.39, 0.29) is 6.54 Å². The average molecular weight is 209 g/mol. The van der Waals surface area contributed by atoms with E-state index in [1.165, 1.54) is 7.05 Å². The van der Waals surface area contributed by atoms with Crippen molar-refractivity contribution in [2.24, 2.45) is 0 Å². The molecule has 6 nitrogen and oxygen atoms in total. The van der Waals surface area contributed by atoms with Gasteiger partial charge in [-0.15, -0.1) is 0 Å². The maximum absolute atomic E-state index is 11.3. The second-order valence-corrected chi connectivity index (χ2v) is 3.22. The van der Waals surface area contributed by atoms with Crippen molar-refractivity contribution in [3.63, 3.8) is 0 Å². The molecule has 1 rings (SSSR count). The van der Waals surface area contributed by atoms with Crippen LogP contribution in [0.5, 0.6) is 0 Å². The lowest BCUT2D eigenvalue weighted by Gasteiger charge is -2.11. The van der Waals surface area contributed by atoms with Crippen LogP contribution < -0.4 is 0 Å². The number of unbranched alkanes of at least 4 members (excludes halogenated alkanes) is 2. The summed E-state index contributed by atoms with van der Waals surface area (Å²) in [5.74, 6) is -1.57. The summed E-state index contributed by atoms with van der Waals surface area (Å²) < 4.78 is 0. The summed E-state index contributed by atoms with van der Waals surface area (Å²) >= 11 is 0. The van der Waals surface area contributed by atoms with Crippen LogP contribution in [0.3, 0.4) is 0 Å². The van der Waals surface area contributed by atoms with Gasteiger partial charge in [-0.3, -0.25) is 19.4 Å². The molecule has 1 aliphatic rings. The van der Waals surface area contributed by atoms with Crippen molar-refractivity contribution in [2.45, 2.75) is 19.3 Å². The molecule has 15 heavy (non-hydrogen) atoms. The van der Waals surface area contributed by atoms with Crippen molar-refractivity contribution in [1.29, 1.82) is 5.26 Å². The van der Waals surface area contributed by atoms with Gasteiger partial charge in [0.1, 0.15) is 0 Å². The Morgan fingerprint density at radius 2 is 1.87 bits per heavy atom. The minimum Gasteiger partial charge on any atom is -0.263 e. The van der Waals surface area contributed by atoms with Gasteiger partial charge in [-0.2, -0.15) is 5.26 Å². The number of amides is 4. The third-order valence-corrected chi connectivity index (χ3v) is 2.17. The standard InChI is InChI=1S/C9H11N3O3/c1-11-7(13)8(14)12(9(11)15)6-4-2-3-5-10/h2-4,6H2,1H3. The van der Waals surface area contributed by atoms with E-state index < -0.39 is 17.8 Å². The topological polar surface area (TPSA) is 81.5 Å². The zero-order valence-corrected chi connectivity index (χ0v) is 8.39. The van der Waals surface area contributed by atoms with E-state index in [1.54, 1.807) is 0 Å². The van der Waals surface area contributed by atoms with Gasteiger partial charge in [0.05, 0.1) is 6.07 Å². The van der Waals surface area contributed by atoms with Crippen LogP contribution in [-0.4, -0.2) is 41.2 Å². The molecule has 1 saturated heterocycles. The Balaban J connectivity index is 2.49. The molecular formula is C9H11N3O3. The molecule has 6 heteroatoms. The van der Waals surface area contributed by atoms with E-state index in [2.05, 4.69) is 0 Å². The summed E-state index contributed by atoms with van der Waals surface area (Å²) in [4.78, 5) is 35.4. The van der Waals surface area contributed by atoms with E-state index in [4.69, 9.17) is 5.26 Å². The Hall–Kier alpha value is -1.90. The smallest absolute Gasteiger partial charge is 0.263 e. The largest absolute Gasteiger partial charge is 0.333 e. The molecule has 0 unspecified atom stereocenters. The molecule has 1 heterocycles. The number of imide groups is 2. The minimum absolute atomic E-state index is 0.204. The lowest BCUT2D eigenvalue weighted by Crippen LogP contribution is -2.32. The van der Waals surface area contributed by atoms with Gasteiger partial charge >= 0.3 is 17.8 Å². The average Bonchev–Trinajstić information content (AvgIpc) is 2.41. The molecule has 0 N–H and O–H groups in total. The molecular weight excluding hydrogens is 198 g/mol. The molecule has 0 aromatic carbocycles. The highest BCUT2D eigenvalue weighted by Crippen LogP contribution is 2.10. The number of nitriles is 1. The molecule has 0 aromatic rings. The van der Waals surface area contributed by atoms with Crippen molar-refractivity contribution in [1.82, 2.24) is 9.80 Å². The molecule has 0 aromatic heterocycles. The number of rotatable bonds is 4. The fourth-order valence-electron chi connectivity index (χ4n) is 1.28. The summed E-state index contributed by atoms with van der Waals surface area (Å²) in [6, 6.07) is 1.39. The number of nitrogens with zero attached hydrogens (tertiary/aromatic N) is 3. The van der Waals surface area contributed by atoms with Crippen molar-refractivity contribution in [3.05, 3.63) is 0 Å². The molecule has 0 aliphatic carbocycles. The van der Waals surface area contributed by atoms with Gasteiger partial charge in [-0.05, 0) is 12.8 Å². The maximum atomic E-state index is 11.3. The van der Waals surface area contributed by atoms with E-state index in [0.717, 1.165) is 9.80 Å². The first-order valence-corrected chi connectivity index (χ1v) is 4.60. The van der Waals surface area contributed by atoms with Crippen molar-refractivity contribution in [3.8, 4) is 6.07 Å². The van der Waals surface area contributed by atoms with E-state index in [9.17, 15) is 14.4 Å². The van der Waals surface area contributed by atoms with Crippen LogP contribution in [0.25, 0.3) is 0 Å². The number of urea groups is 1. The Bertz CT molecular complexity index is 345. The molecule has 0 atom stereocenters. The fraction of sp³-hybridized carbons (Fsp3) is 0.556. The highest BCUT2D eigenvalue weighted by Gasteiger charge is 2.41. The summed E-state index contributed by atoms with van der Waals surface area (Å²) in [6.45, 7) is 0.204. The first kappa shape index (κ1) is 11.2. The van der Waals surface area contributed by atoms with Crippen LogP contribution in [0.15, 0.2) is 0 Å². The van der Waals surface area contributed by atoms with Crippen LogP contribution in [0.1, 0.15) is 19.3 Å². The second-order valence-electron chi connectivity index (χ2n) is 3.22. The van der Waals surface area contributed by atoms with Crippen LogP contribution >= 0.6 is 0 Å².